The molecule has 8 heteroatoms. The number of halogens is 6. The van der Waals surface area contributed by atoms with Crippen molar-refractivity contribution in [2.75, 3.05) is 12.8 Å². The van der Waals surface area contributed by atoms with Crippen LogP contribution in [0.15, 0.2) is 33.2 Å². The van der Waals surface area contributed by atoms with E-state index >= 15 is 0 Å². The van der Waals surface area contributed by atoms with Gasteiger partial charge in [0.1, 0.15) is 11.4 Å². The molecule has 0 aromatic heterocycles. The van der Waals surface area contributed by atoms with Crippen molar-refractivity contribution in [3.63, 3.8) is 0 Å². The van der Waals surface area contributed by atoms with Crippen molar-refractivity contribution in [3.8, 4) is 5.75 Å². The van der Waals surface area contributed by atoms with Crippen molar-refractivity contribution < 1.29 is 22.3 Å². The van der Waals surface area contributed by atoms with Gasteiger partial charge in [0.2, 0.25) is 0 Å². The Bertz CT molecular complexity index is 547. The number of nitrogens with two attached hydrogens (primary N) is 1. The van der Waals surface area contributed by atoms with Crippen LogP contribution in [0.3, 0.4) is 0 Å². The summed E-state index contributed by atoms with van der Waals surface area (Å²) in [6, 6.07) is 7.72. The Labute approximate surface area is 135 Å². The molecule has 2 rings (SSSR count). The Balaban J connectivity index is 0.000000219. The predicted molar refractivity (Wildman–Crippen MR) is 79.1 cm³/mol. The molecule has 0 radical (unpaired) electrons. The van der Waals surface area contributed by atoms with E-state index in [0.717, 1.165) is 10.2 Å². The molecule has 0 spiro atoms. The Morgan fingerprint density at radius 2 is 1.48 bits per heavy atom. The highest BCUT2D eigenvalue weighted by molar-refractivity contribution is 9.10. The number of anilines is 1. The Kier molecular flexibility index (Phi) is 6.47. The van der Waals surface area contributed by atoms with Crippen molar-refractivity contribution in [3.05, 3.63) is 56.5 Å². The molecule has 0 unspecified atom stereocenters. The number of ether oxygens (including phenoxy) is 1. The average molecular weight is 431 g/mol. The molecule has 114 valence electrons. The summed E-state index contributed by atoms with van der Waals surface area (Å²) in [5, 5.41) is 0. The van der Waals surface area contributed by atoms with Crippen LogP contribution >= 0.6 is 31.9 Å². The molecule has 0 atom stereocenters. The molecule has 0 fully saturated rings. The van der Waals surface area contributed by atoms with E-state index in [-0.39, 0.29) is 0 Å². The van der Waals surface area contributed by atoms with E-state index in [4.69, 9.17) is 10.5 Å². The number of methoxy groups -OCH3 is 1. The van der Waals surface area contributed by atoms with Crippen LogP contribution in [0.2, 0.25) is 0 Å². The topological polar surface area (TPSA) is 35.2 Å². The highest BCUT2D eigenvalue weighted by atomic mass is 79.9. The number of hydrogen-bond donors (Lipinski definition) is 1. The SMILES string of the molecule is COc1cccc(Br)c1.Nc1c(F)c(F)c(Br)c(F)c1F. The highest BCUT2D eigenvalue weighted by Gasteiger charge is 2.21. The smallest absolute Gasteiger partial charge is 0.186 e. The Morgan fingerprint density at radius 1 is 0.952 bits per heavy atom. The zero-order chi connectivity index (χ0) is 16.2. The van der Waals surface area contributed by atoms with Gasteiger partial charge in [0.05, 0.1) is 11.6 Å². The molecule has 0 bridgehead atoms. The number of benzene rings is 2. The van der Waals surface area contributed by atoms with Crippen LogP contribution in [0.1, 0.15) is 0 Å². The molecule has 2 aromatic rings. The number of hydrogen-bond acceptors (Lipinski definition) is 2. The van der Waals surface area contributed by atoms with E-state index in [2.05, 4.69) is 31.9 Å². The standard InChI is InChI=1S/C7H7BrO.C6H2BrF4N/c1-9-7-4-2-3-6(8)5-7;7-1-2(8)4(10)6(12)5(11)3(1)9/h2-5H,1H3;12H2. The molecule has 2 nitrogen and oxygen atoms in total. The van der Waals surface area contributed by atoms with E-state index in [9.17, 15) is 17.6 Å². The van der Waals surface area contributed by atoms with Gasteiger partial charge in [-0.1, -0.05) is 22.0 Å². The van der Waals surface area contributed by atoms with Gasteiger partial charge in [-0.2, -0.15) is 0 Å². The molecular weight excluding hydrogens is 422 g/mol. The third kappa shape index (κ3) is 4.34. The molecule has 21 heavy (non-hydrogen) atoms. The van der Waals surface area contributed by atoms with Crippen LogP contribution in [0, 0.1) is 23.3 Å². The number of nitrogen functional groups attached to an aromatic ring is 1. The fourth-order valence-corrected chi connectivity index (χ4v) is 1.94. The van der Waals surface area contributed by atoms with Crippen LogP contribution in [-0.4, -0.2) is 7.11 Å². The minimum atomic E-state index is -1.60. The van der Waals surface area contributed by atoms with Crippen molar-refractivity contribution in [2.24, 2.45) is 0 Å². The summed E-state index contributed by atoms with van der Waals surface area (Å²) in [4.78, 5) is 0. The van der Waals surface area contributed by atoms with Crippen LogP contribution in [0.4, 0.5) is 23.2 Å². The summed E-state index contributed by atoms with van der Waals surface area (Å²) in [6.07, 6.45) is 0. The second-order valence-corrected chi connectivity index (χ2v) is 5.35. The molecule has 0 saturated carbocycles. The second kappa shape index (κ2) is 7.65. The molecule has 0 amide bonds. The van der Waals surface area contributed by atoms with Crippen molar-refractivity contribution in [1.82, 2.24) is 0 Å². The fourth-order valence-electron chi connectivity index (χ4n) is 1.22. The third-order valence-electron chi connectivity index (χ3n) is 2.28. The second-order valence-electron chi connectivity index (χ2n) is 3.65. The summed E-state index contributed by atoms with van der Waals surface area (Å²) in [5.41, 5.74) is 3.54. The molecule has 0 aliphatic carbocycles. The van der Waals surface area contributed by atoms with Gasteiger partial charge in [-0.05, 0) is 34.1 Å². The largest absolute Gasteiger partial charge is 0.497 e. The lowest BCUT2D eigenvalue weighted by Gasteiger charge is -2.03. The van der Waals surface area contributed by atoms with E-state index in [1.54, 1.807) is 7.11 Å². The van der Waals surface area contributed by atoms with E-state index in [0.29, 0.717) is 0 Å². The first-order chi connectivity index (χ1) is 9.79. The van der Waals surface area contributed by atoms with Crippen LogP contribution in [-0.2, 0) is 0 Å². The zero-order valence-electron chi connectivity index (χ0n) is 10.6. The van der Waals surface area contributed by atoms with Gasteiger partial charge < -0.3 is 10.5 Å². The van der Waals surface area contributed by atoms with E-state index < -0.39 is 33.4 Å². The molecule has 0 aliphatic heterocycles. The lowest BCUT2D eigenvalue weighted by Crippen LogP contribution is -2.03. The summed E-state index contributed by atoms with van der Waals surface area (Å²) < 4.78 is 55.2. The van der Waals surface area contributed by atoms with E-state index in [1.807, 2.05) is 24.3 Å². The summed E-state index contributed by atoms with van der Waals surface area (Å²) in [5.74, 6) is -5.39. The van der Waals surface area contributed by atoms with Crippen LogP contribution in [0.25, 0.3) is 0 Å². The molecule has 0 saturated heterocycles. The summed E-state index contributed by atoms with van der Waals surface area (Å²) in [6.45, 7) is 0. The molecule has 0 aliphatic rings. The van der Waals surface area contributed by atoms with Gasteiger partial charge in [-0.15, -0.1) is 0 Å². The molecule has 0 heterocycles. The van der Waals surface area contributed by atoms with Gasteiger partial charge in [0, 0.05) is 4.47 Å². The average Bonchev–Trinajstić information content (AvgIpc) is 2.49. The first kappa shape index (κ1) is 17.8. The maximum atomic E-state index is 12.5. The summed E-state index contributed by atoms with van der Waals surface area (Å²) >= 11 is 5.65. The Morgan fingerprint density at radius 3 is 1.86 bits per heavy atom. The molecule has 2 N–H and O–H groups in total. The third-order valence-corrected chi connectivity index (χ3v) is 3.47. The van der Waals surface area contributed by atoms with Gasteiger partial charge in [-0.3, -0.25) is 0 Å². The molecular formula is C13H9Br2F4NO. The van der Waals surface area contributed by atoms with Gasteiger partial charge in [0.15, 0.2) is 23.3 Å². The van der Waals surface area contributed by atoms with Crippen LogP contribution < -0.4 is 10.5 Å². The van der Waals surface area contributed by atoms with Crippen molar-refractivity contribution in [1.29, 1.82) is 0 Å². The zero-order valence-corrected chi connectivity index (χ0v) is 13.7. The predicted octanol–water partition coefficient (Wildman–Crippen LogP) is 5.05. The van der Waals surface area contributed by atoms with Gasteiger partial charge >= 0.3 is 0 Å². The maximum Gasteiger partial charge on any atom is 0.186 e. The molecule has 2 aromatic carbocycles. The first-order valence-corrected chi connectivity index (χ1v) is 6.94. The van der Waals surface area contributed by atoms with Gasteiger partial charge in [-0.25, -0.2) is 17.6 Å². The lowest BCUT2D eigenvalue weighted by atomic mass is 10.3. The van der Waals surface area contributed by atoms with E-state index in [1.165, 1.54) is 0 Å². The lowest BCUT2D eigenvalue weighted by molar-refractivity contribution is 0.414. The number of rotatable bonds is 1. The summed E-state index contributed by atoms with van der Waals surface area (Å²) in [7, 11) is 1.65. The normalized spacial score (nSPS) is 9.86. The first-order valence-electron chi connectivity index (χ1n) is 5.36. The maximum absolute atomic E-state index is 12.5. The van der Waals surface area contributed by atoms with Crippen molar-refractivity contribution in [2.45, 2.75) is 0 Å². The quantitative estimate of drug-likeness (QED) is 0.297. The van der Waals surface area contributed by atoms with Gasteiger partial charge in [0.25, 0.3) is 0 Å². The highest BCUT2D eigenvalue weighted by Crippen LogP contribution is 2.29. The monoisotopic (exact) mass is 429 g/mol. The van der Waals surface area contributed by atoms with Crippen LogP contribution in [0.5, 0.6) is 5.75 Å². The minimum absolute atomic E-state index is 0.879. The van der Waals surface area contributed by atoms with Crippen molar-refractivity contribution >= 4 is 37.5 Å². The minimum Gasteiger partial charge on any atom is -0.497 e. The Hall–Kier alpha value is -1.28. The fraction of sp³-hybridized carbons (Fsp3) is 0.0769.